The van der Waals surface area contributed by atoms with Crippen molar-refractivity contribution in [1.82, 2.24) is 0 Å². The van der Waals surface area contributed by atoms with Gasteiger partial charge in [-0.3, -0.25) is 4.79 Å². The standard InChI is InChI=1S/C9H16O5/c1-2-3-4-5-14-7(9(12)13)6-8(10)11/h7H,2-6H2,1H3,(H,10,11)(H,12,13). The Bertz CT molecular complexity index is 190. The average molecular weight is 204 g/mol. The monoisotopic (exact) mass is 204 g/mol. The number of carbonyl (C=O) groups is 2. The Kier molecular flexibility index (Phi) is 6.74. The minimum atomic E-state index is -1.22. The molecule has 0 aliphatic rings. The van der Waals surface area contributed by atoms with E-state index in [0.29, 0.717) is 6.61 Å². The maximum absolute atomic E-state index is 10.5. The average Bonchev–Trinajstić information content (AvgIpc) is 2.09. The molecule has 0 rings (SSSR count). The van der Waals surface area contributed by atoms with E-state index in [-0.39, 0.29) is 0 Å². The number of rotatable bonds is 8. The third-order valence-electron chi connectivity index (χ3n) is 1.70. The molecule has 5 heteroatoms. The van der Waals surface area contributed by atoms with Gasteiger partial charge >= 0.3 is 11.9 Å². The lowest BCUT2D eigenvalue weighted by atomic mass is 10.2. The van der Waals surface area contributed by atoms with E-state index >= 15 is 0 Å². The van der Waals surface area contributed by atoms with Crippen LogP contribution in [0.25, 0.3) is 0 Å². The predicted molar refractivity (Wildman–Crippen MR) is 49.2 cm³/mol. The molecule has 0 amide bonds. The van der Waals surface area contributed by atoms with Crippen molar-refractivity contribution in [3.8, 4) is 0 Å². The van der Waals surface area contributed by atoms with Crippen LogP contribution in [0.15, 0.2) is 0 Å². The van der Waals surface area contributed by atoms with E-state index in [1.165, 1.54) is 0 Å². The largest absolute Gasteiger partial charge is 0.481 e. The highest BCUT2D eigenvalue weighted by Crippen LogP contribution is 2.02. The lowest BCUT2D eigenvalue weighted by Crippen LogP contribution is -2.27. The van der Waals surface area contributed by atoms with Gasteiger partial charge in [-0.15, -0.1) is 0 Å². The van der Waals surface area contributed by atoms with Gasteiger partial charge < -0.3 is 14.9 Å². The first-order valence-corrected chi connectivity index (χ1v) is 4.64. The van der Waals surface area contributed by atoms with Gasteiger partial charge in [0.25, 0.3) is 0 Å². The van der Waals surface area contributed by atoms with Crippen LogP contribution in [-0.4, -0.2) is 34.9 Å². The molecule has 0 bridgehead atoms. The van der Waals surface area contributed by atoms with Crippen LogP contribution < -0.4 is 0 Å². The third kappa shape index (κ3) is 6.42. The van der Waals surface area contributed by atoms with Crippen LogP contribution in [0.3, 0.4) is 0 Å². The fraction of sp³-hybridized carbons (Fsp3) is 0.778. The number of hydrogen-bond acceptors (Lipinski definition) is 3. The van der Waals surface area contributed by atoms with Gasteiger partial charge in [0.05, 0.1) is 6.42 Å². The van der Waals surface area contributed by atoms with Gasteiger partial charge in [0.2, 0.25) is 0 Å². The van der Waals surface area contributed by atoms with Gasteiger partial charge in [-0.05, 0) is 6.42 Å². The van der Waals surface area contributed by atoms with Gasteiger partial charge in [-0.1, -0.05) is 19.8 Å². The molecule has 0 aliphatic heterocycles. The molecule has 5 nitrogen and oxygen atoms in total. The Morgan fingerprint density at radius 3 is 2.36 bits per heavy atom. The van der Waals surface area contributed by atoms with Gasteiger partial charge in [-0.25, -0.2) is 4.79 Å². The van der Waals surface area contributed by atoms with Crippen molar-refractivity contribution in [2.24, 2.45) is 0 Å². The Hall–Kier alpha value is -1.10. The summed E-state index contributed by atoms with van der Waals surface area (Å²) >= 11 is 0. The molecule has 0 aromatic heterocycles. The number of aliphatic carboxylic acids is 2. The zero-order valence-corrected chi connectivity index (χ0v) is 8.23. The number of carboxylic acids is 2. The molecule has 0 saturated carbocycles. The SMILES string of the molecule is CCCCCOC(CC(=O)O)C(=O)O. The van der Waals surface area contributed by atoms with E-state index in [2.05, 4.69) is 0 Å². The minimum absolute atomic E-state index is 0.304. The zero-order valence-electron chi connectivity index (χ0n) is 8.23. The molecule has 0 radical (unpaired) electrons. The molecule has 0 spiro atoms. The Balaban J connectivity index is 3.74. The first-order chi connectivity index (χ1) is 6.57. The number of unbranched alkanes of at least 4 members (excludes halogenated alkanes) is 2. The molecule has 2 N–H and O–H groups in total. The molecule has 0 aromatic rings. The van der Waals surface area contributed by atoms with E-state index in [4.69, 9.17) is 14.9 Å². The summed E-state index contributed by atoms with van der Waals surface area (Å²) in [5, 5.41) is 17.0. The molecule has 82 valence electrons. The fourth-order valence-corrected chi connectivity index (χ4v) is 0.954. The van der Waals surface area contributed by atoms with Gasteiger partial charge in [-0.2, -0.15) is 0 Å². The molecule has 1 atom stereocenters. The maximum Gasteiger partial charge on any atom is 0.333 e. The van der Waals surface area contributed by atoms with Crippen LogP contribution in [0, 0.1) is 0 Å². The van der Waals surface area contributed by atoms with Gasteiger partial charge in [0, 0.05) is 6.61 Å². The van der Waals surface area contributed by atoms with Crippen molar-refractivity contribution in [3.63, 3.8) is 0 Å². The zero-order chi connectivity index (χ0) is 11.0. The molecule has 0 aromatic carbocycles. The number of carboxylic acid groups (broad SMARTS) is 2. The quantitative estimate of drug-likeness (QED) is 0.579. The summed E-state index contributed by atoms with van der Waals surface area (Å²) in [5.74, 6) is -2.38. The first-order valence-electron chi connectivity index (χ1n) is 4.64. The molecule has 0 aliphatic carbocycles. The molecule has 0 saturated heterocycles. The van der Waals surface area contributed by atoms with E-state index in [9.17, 15) is 9.59 Å². The second-order valence-electron chi connectivity index (χ2n) is 3.00. The Morgan fingerprint density at radius 1 is 1.29 bits per heavy atom. The fourth-order valence-electron chi connectivity index (χ4n) is 0.954. The molecular formula is C9H16O5. The van der Waals surface area contributed by atoms with E-state index in [1.807, 2.05) is 6.92 Å². The van der Waals surface area contributed by atoms with Crippen molar-refractivity contribution < 1.29 is 24.5 Å². The van der Waals surface area contributed by atoms with Crippen molar-refractivity contribution in [1.29, 1.82) is 0 Å². The van der Waals surface area contributed by atoms with Crippen LogP contribution in [0.4, 0.5) is 0 Å². The normalized spacial score (nSPS) is 12.4. The summed E-state index contributed by atoms with van der Waals surface area (Å²) in [7, 11) is 0. The van der Waals surface area contributed by atoms with E-state index < -0.39 is 24.5 Å². The summed E-state index contributed by atoms with van der Waals surface area (Å²) in [5.41, 5.74) is 0. The van der Waals surface area contributed by atoms with Crippen molar-refractivity contribution in [2.75, 3.05) is 6.61 Å². The molecule has 14 heavy (non-hydrogen) atoms. The lowest BCUT2D eigenvalue weighted by molar-refractivity contribution is -0.156. The summed E-state index contributed by atoms with van der Waals surface area (Å²) in [6, 6.07) is 0. The lowest BCUT2D eigenvalue weighted by Gasteiger charge is -2.10. The van der Waals surface area contributed by atoms with Crippen LogP contribution in [0.2, 0.25) is 0 Å². The second-order valence-corrected chi connectivity index (χ2v) is 3.00. The predicted octanol–water partition coefficient (Wildman–Crippen LogP) is 1.12. The van der Waals surface area contributed by atoms with Gasteiger partial charge in [0.1, 0.15) is 0 Å². The number of hydrogen-bond donors (Lipinski definition) is 2. The topological polar surface area (TPSA) is 83.8 Å². The third-order valence-corrected chi connectivity index (χ3v) is 1.70. The molecule has 1 unspecified atom stereocenters. The molecular weight excluding hydrogens is 188 g/mol. The number of ether oxygens (including phenoxy) is 1. The van der Waals surface area contributed by atoms with Crippen LogP contribution >= 0.6 is 0 Å². The summed E-state index contributed by atoms with van der Waals surface area (Å²) < 4.78 is 4.94. The first kappa shape index (κ1) is 12.9. The van der Waals surface area contributed by atoms with Gasteiger partial charge in [0.15, 0.2) is 6.10 Å². The van der Waals surface area contributed by atoms with Crippen LogP contribution in [-0.2, 0) is 14.3 Å². The Labute approximate surface area is 82.7 Å². The summed E-state index contributed by atoms with van der Waals surface area (Å²) in [6.07, 6.45) is 1.03. The molecule has 0 heterocycles. The summed E-state index contributed by atoms with van der Waals surface area (Å²) in [4.78, 5) is 20.8. The van der Waals surface area contributed by atoms with Crippen molar-refractivity contribution in [2.45, 2.75) is 38.7 Å². The minimum Gasteiger partial charge on any atom is -0.481 e. The smallest absolute Gasteiger partial charge is 0.333 e. The highest BCUT2D eigenvalue weighted by atomic mass is 16.5. The van der Waals surface area contributed by atoms with Crippen molar-refractivity contribution >= 4 is 11.9 Å². The van der Waals surface area contributed by atoms with E-state index in [0.717, 1.165) is 19.3 Å². The maximum atomic E-state index is 10.5. The summed E-state index contributed by atoms with van der Waals surface area (Å²) in [6.45, 7) is 2.32. The highest BCUT2D eigenvalue weighted by molar-refractivity contribution is 5.79. The highest BCUT2D eigenvalue weighted by Gasteiger charge is 2.21. The second kappa shape index (κ2) is 7.32. The van der Waals surface area contributed by atoms with E-state index in [1.54, 1.807) is 0 Å². The van der Waals surface area contributed by atoms with Crippen LogP contribution in [0.5, 0.6) is 0 Å². The van der Waals surface area contributed by atoms with Crippen molar-refractivity contribution in [3.05, 3.63) is 0 Å². The Morgan fingerprint density at radius 2 is 1.93 bits per heavy atom. The molecule has 0 fully saturated rings. The van der Waals surface area contributed by atoms with Crippen LogP contribution in [0.1, 0.15) is 32.6 Å².